The third-order valence-electron chi connectivity index (χ3n) is 3.29. The molecule has 5 heteroatoms. The van der Waals surface area contributed by atoms with Crippen molar-refractivity contribution in [2.75, 3.05) is 6.61 Å². The molecule has 0 spiro atoms. The van der Waals surface area contributed by atoms with Crippen molar-refractivity contribution in [1.29, 1.82) is 0 Å². The summed E-state index contributed by atoms with van der Waals surface area (Å²) in [5, 5.41) is 4.96. The molecule has 20 heavy (non-hydrogen) atoms. The lowest BCUT2D eigenvalue weighted by Gasteiger charge is -2.10. The SMILES string of the molecule is O=C(NCc1ccnc(-c2cccs2)c1)[C@@H]1CCCO1. The van der Waals surface area contributed by atoms with Crippen LogP contribution in [0.25, 0.3) is 10.6 Å². The standard InChI is InChI=1S/C15H16N2O2S/c18-15(13-3-1-7-19-13)17-10-11-5-6-16-12(9-11)14-4-2-8-20-14/h2,4-6,8-9,13H,1,3,7,10H2,(H,17,18)/t13-/m0/s1. The van der Waals surface area contributed by atoms with E-state index in [0.29, 0.717) is 13.2 Å². The number of hydrogen-bond acceptors (Lipinski definition) is 4. The van der Waals surface area contributed by atoms with E-state index in [2.05, 4.69) is 10.3 Å². The minimum Gasteiger partial charge on any atom is -0.368 e. The van der Waals surface area contributed by atoms with Gasteiger partial charge in [-0.25, -0.2) is 0 Å². The number of thiophene rings is 1. The number of pyridine rings is 1. The van der Waals surface area contributed by atoms with E-state index < -0.39 is 0 Å². The normalized spacial score (nSPS) is 18.1. The topological polar surface area (TPSA) is 51.2 Å². The molecule has 0 aliphatic carbocycles. The molecule has 2 aromatic heterocycles. The van der Waals surface area contributed by atoms with Gasteiger partial charge in [0, 0.05) is 19.3 Å². The number of amides is 1. The van der Waals surface area contributed by atoms with Gasteiger partial charge >= 0.3 is 0 Å². The quantitative estimate of drug-likeness (QED) is 0.941. The second-order valence-corrected chi connectivity index (χ2v) is 5.69. The van der Waals surface area contributed by atoms with Gasteiger partial charge in [-0.05, 0) is 42.0 Å². The Kier molecular flexibility index (Phi) is 4.08. The Morgan fingerprint density at radius 2 is 2.45 bits per heavy atom. The van der Waals surface area contributed by atoms with E-state index >= 15 is 0 Å². The van der Waals surface area contributed by atoms with Crippen molar-refractivity contribution in [1.82, 2.24) is 10.3 Å². The summed E-state index contributed by atoms with van der Waals surface area (Å²) in [6.07, 6.45) is 3.30. The monoisotopic (exact) mass is 288 g/mol. The summed E-state index contributed by atoms with van der Waals surface area (Å²) in [5.41, 5.74) is 2.00. The molecule has 0 bridgehead atoms. The highest BCUT2D eigenvalue weighted by molar-refractivity contribution is 7.13. The van der Waals surface area contributed by atoms with Crippen LogP contribution in [0.1, 0.15) is 18.4 Å². The molecule has 2 aromatic rings. The molecule has 0 radical (unpaired) electrons. The number of ether oxygens (including phenoxy) is 1. The van der Waals surface area contributed by atoms with Gasteiger partial charge in [0.15, 0.2) is 0 Å². The number of carbonyl (C=O) groups is 1. The highest BCUT2D eigenvalue weighted by Crippen LogP contribution is 2.23. The predicted octanol–water partition coefficient (Wildman–Crippen LogP) is 2.61. The third-order valence-corrected chi connectivity index (χ3v) is 4.18. The second-order valence-electron chi connectivity index (χ2n) is 4.75. The number of aromatic nitrogens is 1. The molecule has 1 fully saturated rings. The van der Waals surface area contributed by atoms with Gasteiger partial charge < -0.3 is 10.1 Å². The summed E-state index contributed by atoms with van der Waals surface area (Å²) in [6, 6.07) is 7.99. The number of rotatable bonds is 4. The first-order valence-corrected chi connectivity index (χ1v) is 7.59. The predicted molar refractivity (Wildman–Crippen MR) is 78.4 cm³/mol. The summed E-state index contributed by atoms with van der Waals surface area (Å²) in [4.78, 5) is 17.4. The van der Waals surface area contributed by atoms with E-state index in [1.807, 2.05) is 29.6 Å². The molecule has 104 valence electrons. The van der Waals surface area contributed by atoms with Crippen molar-refractivity contribution < 1.29 is 9.53 Å². The van der Waals surface area contributed by atoms with Gasteiger partial charge in [0.2, 0.25) is 5.91 Å². The van der Waals surface area contributed by atoms with Crippen LogP contribution in [0.2, 0.25) is 0 Å². The Balaban J connectivity index is 1.63. The van der Waals surface area contributed by atoms with Crippen LogP contribution in [0.5, 0.6) is 0 Å². The summed E-state index contributed by atoms with van der Waals surface area (Å²) >= 11 is 1.66. The van der Waals surface area contributed by atoms with Gasteiger partial charge in [-0.2, -0.15) is 0 Å². The second kappa shape index (κ2) is 6.15. The van der Waals surface area contributed by atoms with Crippen LogP contribution in [0.4, 0.5) is 0 Å². The van der Waals surface area contributed by atoms with Crippen molar-refractivity contribution in [3.8, 4) is 10.6 Å². The van der Waals surface area contributed by atoms with Crippen molar-refractivity contribution in [2.24, 2.45) is 0 Å². The van der Waals surface area contributed by atoms with Crippen LogP contribution in [0.3, 0.4) is 0 Å². The fraction of sp³-hybridized carbons (Fsp3) is 0.333. The van der Waals surface area contributed by atoms with Crippen molar-refractivity contribution >= 4 is 17.2 Å². The zero-order valence-corrected chi connectivity index (χ0v) is 11.9. The molecule has 0 unspecified atom stereocenters. The van der Waals surface area contributed by atoms with Gasteiger partial charge in [0.05, 0.1) is 10.6 Å². The van der Waals surface area contributed by atoms with Crippen LogP contribution in [0, 0.1) is 0 Å². The van der Waals surface area contributed by atoms with E-state index in [9.17, 15) is 4.79 Å². The highest BCUT2D eigenvalue weighted by atomic mass is 32.1. The summed E-state index contributed by atoms with van der Waals surface area (Å²) in [6.45, 7) is 1.20. The number of nitrogens with one attached hydrogen (secondary N) is 1. The van der Waals surface area contributed by atoms with Crippen molar-refractivity contribution in [3.63, 3.8) is 0 Å². The first kappa shape index (κ1) is 13.3. The van der Waals surface area contributed by atoms with E-state index in [1.54, 1.807) is 17.5 Å². The lowest BCUT2D eigenvalue weighted by Crippen LogP contribution is -2.33. The lowest BCUT2D eigenvalue weighted by atomic mass is 10.2. The molecule has 4 nitrogen and oxygen atoms in total. The molecular weight excluding hydrogens is 272 g/mol. The van der Waals surface area contributed by atoms with Gasteiger partial charge in [-0.15, -0.1) is 11.3 Å². The zero-order chi connectivity index (χ0) is 13.8. The number of carbonyl (C=O) groups excluding carboxylic acids is 1. The fourth-order valence-corrected chi connectivity index (χ4v) is 2.92. The zero-order valence-electron chi connectivity index (χ0n) is 11.0. The van der Waals surface area contributed by atoms with Crippen molar-refractivity contribution in [3.05, 3.63) is 41.4 Å². The highest BCUT2D eigenvalue weighted by Gasteiger charge is 2.22. The summed E-state index contributed by atoms with van der Waals surface area (Å²) < 4.78 is 5.36. The molecule has 3 rings (SSSR count). The Morgan fingerprint density at radius 1 is 1.50 bits per heavy atom. The van der Waals surface area contributed by atoms with Crippen LogP contribution in [-0.2, 0) is 16.1 Å². The Labute approximate surface area is 121 Å². The number of hydrogen-bond donors (Lipinski definition) is 1. The summed E-state index contributed by atoms with van der Waals surface area (Å²) in [5.74, 6) is -0.0167. The number of nitrogens with zero attached hydrogens (tertiary/aromatic N) is 1. The third kappa shape index (κ3) is 3.05. The molecule has 1 atom stereocenters. The van der Waals surface area contributed by atoms with Crippen LogP contribution in [0.15, 0.2) is 35.8 Å². The molecule has 0 aromatic carbocycles. The fourth-order valence-electron chi connectivity index (χ4n) is 2.23. The maximum Gasteiger partial charge on any atom is 0.249 e. The molecule has 1 aliphatic heterocycles. The van der Waals surface area contributed by atoms with Crippen LogP contribution >= 0.6 is 11.3 Å². The molecule has 0 saturated carbocycles. The van der Waals surface area contributed by atoms with Gasteiger partial charge in [0.25, 0.3) is 0 Å². The van der Waals surface area contributed by atoms with Crippen LogP contribution < -0.4 is 5.32 Å². The molecule has 3 heterocycles. The molecule has 1 saturated heterocycles. The largest absolute Gasteiger partial charge is 0.368 e. The van der Waals surface area contributed by atoms with Crippen LogP contribution in [-0.4, -0.2) is 23.6 Å². The first-order valence-electron chi connectivity index (χ1n) is 6.71. The molecule has 1 aliphatic rings. The van der Waals surface area contributed by atoms with E-state index in [-0.39, 0.29) is 12.0 Å². The average molecular weight is 288 g/mol. The van der Waals surface area contributed by atoms with Gasteiger partial charge in [-0.1, -0.05) is 6.07 Å². The average Bonchev–Trinajstić information content (AvgIpc) is 3.17. The molecule has 1 N–H and O–H groups in total. The minimum absolute atomic E-state index is 0.0167. The maximum atomic E-state index is 11.9. The molecular formula is C15H16N2O2S. The maximum absolute atomic E-state index is 11.9. The van der Waals surface area contributed by atoms with Gasteiger partial charge in [0.1, 0.15) is 6.10 Å². The Bertz CT molecular complexity index is 577. The first-order chi connectivity index (χ1) is 9.83. The Morgan fingerprint density at radius 3 is 3.20 bits per heavy atom. The molecule has 1 amide bonds. The van der Waals surface area contributed by atoms with Crippen molar-refractivity contribution in [2.45, 2.75) is 25.5 Å². The smallest absolute Gasteiger partial charge is 0.249 e. The van der Waals surface area contributed by atoms with E-state index in [4.69, 9.17) is 4.74 Å². The lowest BCUT2D eigenvalue weighted by molar-refractivity contribution is -0.130. The Hall–Kier alpha value is -1.72. The summed E-state index contributed by atoms with van der Waals surface area (Å²) in [7, 11) is 0. The van der Waals surface area contributed by atoms with E-state index in [1.165, 1.54) is 0 Å². The van der Waals surface area contributed by atoms with E-state index in [0.717, 1.165) is 29.0 Å². The van der Waals surface area contributed by atoms with Gasteiger partial charge in [-0.3, -0.25) is 9.78 Å². The minimum atomic E-state index is -0.270.